The minimum Gasteiger partial charge on any atom is -0.497 e. The van der Waals surface area contributed by atoms with Crippen LogP contribution in [0.4, 0.5) is 4.79 Å². The molecular formula is C18H22N2O6S. The molecule has 0 aliphatic carbocycles. The topological polar surface area (TPSA) is 103 Å². The Labute approximate surface area is 161 Å². The molecule has 2 amide bonds. The summed E-state index contributed by atoms with van der Waals surface area (Å²) < 4.78 is 14.9. The maximum atomic E-state index is 12.6. The molecule has 0 fully saturated rings. The number of methoxy groups -OCH3 is 2. The van der Waals surface area contributed by atoms with Crippen LogP contribution in [0.25, 0.3) is 0 Å². The lowest BCUT2D eigenvalue weighted by atomic mass is 9.95. The third-order valence-corrected chi connectivity index (χ3v) is 4.72. The van der Waals surface area contributed by atoms with Crippen LogP contribution in [0.5, 0.6) is 5.75 Å². The Morgan fingerprint density at radius 2 is 1.89 bits per heavy atom. The molecule has 146 valence electrons. The maximum Gasteiger partial charge on any atom is 0.338 e. The lowest BCUT2D eigenvalue weighted by Gasteiger charge is -2.29. The first kappa shape index (κ1) is 20.6. The van der Waals surface area contributed by atoms with Gasteiger partial charge in [0.15, 0.2) is 0 Å². The largest absolute Gasteiger partial charge is 0.497 e. The van der Waals surface area contributed by atoms with E-state index in [4.69, 9.17) is 9.47 Å². The van der Waals surface area contributed by atoms with E-state index in [1.54, 1.807) is 38.3 Å². The van der Waals surface area contributed by atoms with Crippen LogP contribution < -0.4 is 15.4 Å². The number of hydrogen-bond acceptors (Lipinski definition) is 7. The molecular weight excluding hydrogens is 372 g/mol. The first-order chi connectivity index (χ1) is 13.0. The summed E-state index contributed by atoms with van der Waals surface area (Å²) in [7, 11) is 2.86. The highest BCUT2D eigenvalue weighted by Crippen LogP contribution is 2.30. The fourth-order valence-electron chi connectivity index (χ4n) is 2.52. The number of esters is 2. The average molecular weight is 394 g/mol. The summed E-state index contributed by atoms with van der Waals surface area (Å²) in [5.74, 6) is 0.106. The van der Waals surface area contributed by atoms with Crippen molar-refractivity contribution in [3.05, 3.63) is 41.1 Å². The molecule has 1 aliphatic rings. The summed E-state index contributed by atoms with van der Waals surface area (Å²) >= 11 is 1.23. The van der Waals surface area contributed by atoms with E-state index in [0.29, 0.717) is 22.6 Å². The highest BCUT2D eigenvalue weighted by atomic mass is 32.2. The summed E-state index contributed by atoms with van der Waals surface area (Å²) in [4.78, 5) is 36.0. The van der Waals surface area contributed by atoms with Crippen molar-refractivity contribution in [3.63, 3.8) is 0 Å². The quantitative estimate of drug-likeness (QED) is 0.648. The number of urea groups is 1. The van der Waals surface area contributed by atoms with Gasteiger partial charge in [0.05, 0.1) is 38.2 Å². The molecule has 9 heteroatoms. The minimum atomic E-state index is -0.669. The zero-order chi connectivity index (χ0) is 19.8. The molecule has 1 heterocycles. The fourth-order valence-corrected chi connectivity index (χ4v) is 3.34. The normalized spacial score (nSPS) is 16.3. The van der Waals surface area contributed by atoms with Crippen LogP contribution in [0.1, 0.15) is 18.5 Å². The third kappa shape index (κ3) is 5.40. The second-order valence-corrected chi connectivity index (χ2v) is 6.47. The summed E-state index contributed by atoms with van der Waals surface area (Å²) in [6, 6.07) is 5.94. The van der Waals surface area contributed by atoms with Crippen molar-refractivity contribution < 1.29 is 28.6 Å². The Kier molecular flexibility index (Phi) is 7.54. The van der Waals surface area contributed by atoms with Gasteiger partial charge in [0.2, 0.25) is 0 Å². The fraction of sp³-hybridized carbons (Fsp3) is 0.389. The second-order valence-electron chi connectivity index (χ2n) is 5.49. The van der Waals surface area contributed by atoms with Gasteiger partial charge in [-0.1, -0.05) is 12.1 Å². The maximum absolute atomic E-state index is 12.6. The van der Waals surface area contributed by atoms with Gasteiger partial charge in [0.1, 0.15) is 5.75 Å². The van der Waals surface area contributed by atoms with Gasteiger partial charge in [-0.15, -0.1) is 11.8 Å². The molecule has 0 spiro atoms. The number of amides is 2. The lowest BCUT2D eigenvalue weighted by molar-refractivity contribution is -0.139. The number of benzene rings is 1. The molecule has 0 saturated carbocycles. The summed E-state index contributed by atoms with van der Waals surface area (Å²) in [5, 5.41) is 5.40. The van der Waals surface area contributed by atoms with Crippen LogP contribution in [0.15, 0.2) is 35.5 Å². The van der Waals surface area contributed by atoms with Crippen molar-refractivity contribution in [2.75, 3.05) is 32.3 Å². The van der Waals surface area contributed by atoms with Gasteiger partial charge in [-0.05, 0) is 24.6 Å². The van der Waals surface area contributed by atoms with Crippen LogP contribution in [-0.4, -0.2) is 50.3 Å². The Hall–Kier alpha value is -2.68. The van der Waals surface area contributed by atoms with Crippen molar-refractivity contribution in [1.82, 2.24) is 10.6 Å². The van der Waals surface area contributed by atoms with Crippen LogP contribution in [-0.2, 0) is 19.1 Å². The molecule has 1 atom stereocenters. The minimum absolute atomic E-state index is 0.104. The molecule has 0 saturated heterocycles. The number of thioether (sulfide) groups is 1. The van der Waals surface area contributed by atoms with Crippen LogP contribution in [0, 0.1) is 0 Å². The van der Waals surface area contributed by atoms with Gasteiger partial charge >= 0.3 is 18.0 Å². The van der Waals surface area contributed by atoms with Gasteiger partial charge in [0, 0.05) is 11.4 Å². The lowest BCUT2D eigenvalue weighted by Crippen LogP contribution is -2.46. The van der Waals surface area contributed by atoms with E-state index in [-0.39, 0.29) is 24.1 Å². The first-order valence-corrected chi connectivity index (χ1v) is 9.41. The Morgan fingerprint density at radius 1 is 1.19 bits per heavy atom. The van der Waals surface area contributed by atoms with Gasteiger partial charge in [-0.25, -0.2) is 9.59 Å². The van der Waals surface area contributed by atoms with Crippen molar-refractivity contribution in [1.29, 1.82) is 0 Å². The van der Waals surface area contributed by atoms with Gasteiger partial charge in [-0.2, -0.15) is 0 Å². The molecule has 1 aliphatic heterocycles. The zero-order valence-corrected chi connectivity index (χ0v) is 16.2. The molecule has 1 aromatic carbocycles. The van der Waals surface area contributed by atoms with Crippen LogP contribution in [0.3, 0.4) is 0 Å². The predicted octanol–water partition coefficient (Wildman–Crippen LogP) is 1.77. The highest BCUT2D eigenvalue weighted by molar-refractivity contribution is 8.00. The Balaban J connectivity index is 2.35. The second kappa shape index (κ2) is 9.86. The number of carbonyl (C=O) groups is 3. The molecule has 27 heavy (non-hydrogen) atoms. The number of nitrogens with one attached hydrogen (secondary N) is 2. The predicted molar refractivity (Wildman–Crippen MR) is 100 cm³/mol. The van der Waals surface area contributed by atoms with E-state index >= 15 is 0 Å². The van der Waals surface area contributed by atoms with Crippen LogP contribution >= 0.6 is 11.8 Å². The van der Waals surface area contributed by atoms with Gasteiger partial charge in [-0.3, -0.25) is 4.79 Å². The SMILES string of the molecule is CCOC(=O)C1=C(CSCC(=O)OC)NC(=O)N[C@H]1c1ccc(OC)cc1. The third-order valence-electron chi connectivity index (χ3n) is 3.79. The average Bonchev–Trinajstić information content (AvgIpc) is 2.67. The molecule has 0 radical (unpaired) electrons. The summed E-state index contributed by atoms with van der Waals surface area (Å²) in [6.45, 7) is 1.91. The Morgan fingerprint density at radius 3 is 2.48 bits per heavy atom. The number of rotatable bonds is 8. The van der Waals surface area contributed by atoms with Crippen molar-refractivity contribution >= 4 is 29.7 Å². The molecule has 0 unspecified atom stereocenters. The van der Waals surface area contributed by atoms with Crippen LogP contribution in [0.2, 0.25) is 0 Å². The smallest absolute Gasteiger partial charge is 0.338 e. The van der Waals surface area contributed by atoms with E-state index in [1.807, 2.05) is 0 Å². The first-order valence-electron chi connectivity index (χ1n) is 8.26. The number of hydrogen-bond donors (Lipinski definition) is 2. The van der Waals surface area contributed by atoms with Crippen molar-refractivity contribution in [3.8, 4) is 5.75 Å². The Bertz CT molecular complexity index is 732. The van der Waals surface area contributed by atoms with E-state index in [0.717, 1.165) is 0 Å². The van der Waals surface area contributed by atoms with Gasteiger partial charge in [0.25, 0.3) is 0 Å². The van der Waals surface area contributed by atoms with Crippen molar-refractivity contribution in [2.45, 2.75) is 13.0 Å². The molecule has 0 aromatic heterocycles. The monoisotopic (exact) mass is 394 g/mol. The molecule has 2 rings (SSSR count). The molecule has 0 bridgehead atoms. The van der Waals surface area contributed by atoms with E-state index in [9.17, 15) is 14.4 Å². The van der Waals surface area contributed by atoms with E-state index in [1.165, 1.54) is 18.9 Å². The molecule has 2 N–H and O–H groups in total. The summed E-state index contributed by atoms with van der Waals surface area (Å²) in [5.41, 5.74) is 1.43. The zero-order valence-electron chi connectivity index (χ0n) is 15.4. The standard InChI is InChI=1S/C18H22N2O6S/c1-4-26-17(22)15-13(9-27-10-14(21)25-3)19-18(23)20-16(15)11-5-7-12(24-2)8-6-11/h5-8,16H,4,9-10H2,1-3H3,(H2,19,20,23)/t16-/m0/s1. The van der Waals surface area contributed by atoms with E-state index in [2.05, 4.69) is 15.4 Å². The van der Waals surface area contributed by atoms with Crippen molar-refractivity contribution in [2.24, 2.45) is 0 Å². The number of carbonyl (C=O) groups excluding carboxylic acids is 3. The molecule has 8 nitrogen and oxygen atoms in total. The summed E-state index contributed by atoms with van der Waals surface area (Å²) in [6.07, 6.45) is 0. The number of ether oxygens (including phenoxy) is 3. The highest BCUT2D eigenvalue weighted by Gasteiger charge is 2.33. The molecule has 1 aromatic rings. The van der Waals surface area contributed by atoms with E-state index < -0.39 is 18.0 Å². The van der Waals surface area contributed by atoms with Gasteiger partial charge < -0.3 is 24.8 Å².